The van der Waals surface area contributed by atoms with Gasteiger partial charge in [-0.2, -0.15) is 0 Å². The molecule has 0 aromatic heterocycles. The number of rotatable bonds is 5. The Morgan fingerprint density at radius 3 is 3.06 bits per heavy atom. The molecule has 1 heterocycles. The van der Waals surface area contributed by atoms with E-state index in [1.165, 1.54) is 0 Å². The molecule has 0 saturated heterocycles. The number of anilines is 1. The molecule has 1 aromatic carbocycles. The van der Waals surface area contributed by atoms with Crippen molar-refractivity contribution in [2.45, 2.75) is 6.42 Å². The Morgan fingerprint density at radius 2 is 2.28 bits per heavy atom. The van der Waals surface area contributed by atoms with E-state index in [1.807, 2.05) is 18.2 Å². The van der Waals surface area contributed by atoms with Crippen LogP contribution in [0.15, 0.2) is 18.2 Å². The van der Waals surface area contributed by atoms with Gasteiger partial charge in [0.1, 0.15) is 5.75 Å². The molecule has 1 aliphatic heterocycles. The standard InChI is InChI=1S/C13H18N2O3/c1-15-11-8-10(4-5-14-6-7-16)2-3-12(11)18-9-13(15)17/h2-3,8,14,16H,4-7,9H2,1H3. The van der Waals surface area contributed by atoms with Gasteiger partial charge in [-0.25, -0.2) is 0 Å². The summed E-state index contributed by atoms with van der Waals surface area (Å²) in [5.74, 6) is 0.724. The lowest BCUT2D eigenvalue weighted by atomic mass is 10.1. The first kappa shape index (κ1) is 12.9. The molecule has 0 aliphatic carbocycles. The van der Waals surface area contributed by atoms with E-state index in [0.29, 0.717) is 6.54 Å². The third-order valence-corrected chi connectivity index (χ3v) is 2.99. The van der Waals surface area contributed by atoms with Gasteiger partial charge in [0, 0.05) is 13.6 Å². The van der Waals surface area contributed by atoms with Crippen molar-refractivity contribution in [1.29, 1.82) is 0 Å². The number of hydrogen-bond donors (Lipinski definition) is 2. The van der Waals surface area contributed by atoms with Gasteiger partial charge in [0.25, 0.3) is 5.91 Å². The molecule has 98 valence electrons. The van der Waals surface area contributed by atoms with Gasteiger partial charge in [0.15, 0.2) is 6.61 Å². The van der Waals surface area contributed by atoms with E-state index in [4.69, 9.17) is 9.84 Å². The molecule has 2 N–H and O–H groups in total. The first-order chi connectivity index (χ1) is 8.72. The van der Waals surface area contributed by atoms with Crippen molar-refractivity contribution in [3.63, 3.8) is 0 Å². The summed E-state index contributed by atoms with van der Waals surface area (Å²) >= 11 is 0. The third-order valence-electron chi connectivity index (χ3n) is 2.99. The first-order valence-electron chi connectivity index (χ1n) is 6.06. The second kappa shape index (κ2) is 5.84. The van der Waals surface area contributed by atoms with E-state index in [0.717, 1.165) is 30.0 Å². The highest BCUT2D eigenvalue weighted by Gasteiger charge is 2.21. The molecule has 5 heteroatoms. The average Bonchev–Trinajstić information content (AvgIpc) is 2.39. The van der Waals surface area contributed by atoms with Gasteiger partial charge in [0.05, 0.1) is 12.3 Å². The molecule has 1 aromatic rings. The molecule has 1 aliphatic rings. The number of aliphatic hydroxyl groups excluding tert-OH is 1. The number of likely N-dealkylation sites (N-methyl/N-ethyl adjacent to an activating group) is 1. The van der Waals surface area contributed by atoms with Crippen molar-refractivity contribution >= 4 is 11.6 Å². The average molecular weight is 250 g/mol. The molecule has 2 rings (SSSR count). The number of nitrogens with zero attached hydrogens (tertiary/aromatic N) is 1. The van der Waals surface area contributed by atoms with Crippen LogP contribution in [-0.2, 0) is 11.2 Å². The number of carbonyl (C=O) groups excluding carboxylic acids is 1. The van der Waals surface area contributed by atoms with Crippen LogP contribution in [0, 0.1) is 0 Å². The van der Waals surface area contributed by atoms with Crippen LogP contribution >= 0.6 is 0 Å². The maximum absolute atomic E-state index is 11.5. The molecule has 1 amide bonds. The quantitative estimate of drug-likeness (QED) is 0.731. The number of hydrogen-bond acceptors (Lipinski definition) is 4. The second-order valence-electron chi connectivity index (χ2n) is 4.27. The van der Waals surface area contributed by atoms with Gasteiger partial charge in [-0.1, -0.05) is 6.07 Å². The van der Waals surface area contributed by atoms with E-state index in [1.54, 1.807) is 11.9 Å². The smallest absolute Gasteiger partial charge is 0.264 e. The van der Waals surface area contributed by atoms with Crippen molar-refractivity contribution in [2.75, 3.05) is 38.3 Å². The largest absolute Gasteiger partial charge is 0.482 e. The lowest BCUT2D eigenvalue weighted by Gasteiger charge is -2.26. The Hall–Kier alpha value is -1.59. The summed E-state index contributed by atoms with van der Waals surface area (Å²) in [6.45, 7) is 1.67. The summed E-state index contributed by atoms with van der Waals surface area (Å²) in [5, 5.41) is 11.8. The third kappa shape index (κ3) is 2.80. The van der Waals surface area contributed by atoms with Gasteiger partial charge >= 0.3 is 0 Å². The lowest BCUT2D eigenvalue weighted by Crippen LogP contribution is -2.35. The Bertz CT molecular complexity index is 434. The number of fused-ring (bicyclic) bond motifs is 1. The van der Waals surface area contributed by atoms with Crippen molar-refractivity contribution in [1.82, 2.24) is 5.32 Å². The maximum atomic E-state index is 11.5. The lowest BCUT2D eigenvalue weighted by molar-refractivity contribution is -0.120. The van der Waals surface area contributed by atoms with Crippen LogP contribution in [0.25, 0.3) is 0 Å². The summed E-state index contributed by atoms with van der Waals surface area (Å²) < 4.78 is 5.36. The number of ether oxygens (including phenoxy) is 1. The van der Waals surface area contributed by atoms with Crippen LogP contribution in [-0.4, -0.2) is 44.4 Å². The van der Waals surface area contributed by atoms with Crippen molar-refractivity contribution in [3.05, 3.63) is 23.8 Å². The summed E-state index contributed by atoms with van der Waals surface area (Å²) in [6.07, 6.45) is 0.856. The van der Waals surface area contributed by atoms with E-state index in [9.17, 15) is 4.79 Å². The number of carbonyl (C=O) groups is 1. The van der Waals surface area contributed by atoms with Crippen LogP contribution in [0.1, 0.15) is 5.56 Å². The zero-order chi connectivity index (χ0) is 13.0. The highest BCUT2D eigenvalue weighted by molar-refractivity contribution is 5.97. The highest BCUT2D eigenvalue weighted by Crippen LogP contribution is 2.31. The van der Waals surface area contributed by atoms with Crippen LogP contribution < -0.4 is 15.0 Å². The Kier molecular flexibility index (Phi) is 4.17. The topological polar surface area (TPSA) is 61.8 Å². The monoisotopic (exact) mass is 250 g/mol. The Labute approximate surface area is 106 Å². The number of amides is 1. The van der Waals surface area contributed by atoms with Gasteiger partial charge in [-0.3, -0.25) is 4.79 Å². The predicted octanol–water partition coefficient (Wildman–Crippen LogP) is 0.166. The van der Waals surface area contributed by atoms with Crippen molar-refractivity contribution < 1.29 is 14.6 Å². The highest BCUT2D eigenvalue weighted by atomic mass is 16.5. The van der Waals surface area contributed by atoms with E-state index < -0.39 is 0 Å². The zero-order valence-electron chi connectivity index (χ0n) is 10.5. The fraction of sp³-hybridized carbons (Fsp3) is 0.462. The second-order valence-corrected chi connectivity index (χ2v) is 4.27. The number of aliphatic hydroxyl groups is 1. The molecule has 0 saturated carbocycles. The minimum Gasteiger partial charge on any atom is -0.482 e. The summed E-state index contributed by atoms with van der Waals surface area (Å²) in [7, 11) is 1.76. The summed E-state index contributed by atoms with van der Waals surface area (Å²) in [6, 6.07) is 5.88. The van der Waals surface area contributed by atoms with E-state index in [-0.39, 0.29) is 19.1 Å². The Balaban J connectivity index is 2.04. The van der Waals surface area contributed by atoms with Gasteiger partial charge in [-0.15, -0.1) is 0 Å². The van der Waals surface area contributed by atoms with Crippen molar-refractivity contribution in [3.8, 4) is 5.75 Å². The minimum absolute atomic E-state index is 0.0296. The first-order valence-corrected chi connectivity index (χ1v) is 6.06. The zero-order valence-corrected chi connectivity index (χ0v) is 10.5. The molecular weight excluding hydrogens is 232 g/mol. The van der Waals surface area contributed by atoms with Gasteiger partial charge in [0.2, 0.25) is 0 Å². The van der Waals surface area contributed by atoms with Crippen LogP contribution in [0.4, 0.5) is 5.69 Å². The fourth-order valence-corrected chi connectivity index (χ4v) is 1.91. The van der Waals surface area contributed by atoms with Crippen LogP contribution in [0.3, 0.4) is 0 Å². The summed E-state index contributed by atoms with van der Waals surface area (Å²) in [4.78, 5) is 13.2. The normalized spacial score (nSPS) is 14.3. The molecule has 0 unspecified atom stereocenters. The molecule has 0 bridgehead atoms. The molecular formula is C13H18N2O3. The molecule has 0 radical (unpaired) electrons. The van der Waals surface area contributed by atoms with Gasteiger partial charge < -0.3 is 20.1 Å². The van der Waals surface area contributed by atoms with E-state index in [2.05, 4.69) is 5.32 Å². The number of nitrogens with one attached hydrogen (secondary N) is 1. The minimum atomic E-state index is -0.0296. The van der Waals surface area contributed by atoms with Crippen molar-refractivity contribution in [2.24, 2.45) is 0 Å². The van der Waals surface area contributed by atoms with Crippen LogP contribution in [0.2, 0.25) is 0 Å². The molecule has 5 nitrogen and oxygen atoms in total. The summed E-state index contributed by atoms with van der Waals surface area (Å²) in [5.41, 5.74) is 1.97. The Morgan fingerprint density at radius 1 is 1.44 bits per heavy atom. The number of benzene rings is 1. The molecule has 0 fully saturated rings. The predicted molar refractivity (Wildman–Crippen MR) is 69.0 cm³/mol. The molecule has 0 atom stereocenters. The SMILES string of the molecule is CN1C(=O)COc2ccc(CCNCCO)cc21. The molecule has 18 heavy (non-hydrogen) atoms. The maximum Gasteiger partial charge on any atom is 0.264 e. The fourth-order valence-electron chi connectivity index (χ4n) is 1.91. The van der Waals surface area contributed by atoms with Crippen LogP contribution in [0.5, 0.6) is 5.75 Å². The van der Waals surface area contributed by atoms with Gasteiger partial charge in [-0.05, 0) is 30.7 Å². The van der Waals surface area contributed by atoms with E-state index >= 15 is 0 Å². The molecule has 0 spiro atoms.